The summed E-state index contributed by atoms with van der Waals surface area (Å²) in [5.41, 5.74) is 0. The number of rotatable bonds is 3. The molecular weight excluding hydrogens is 228 g/mol. The average Bonchev–Trinajstić information content (AvgIpc) is 2.69. The summed E-state index contributed by atoms with van der Waals surface area (Å²) in [5, 5.41) is 8.90. The van der Waals surface area contributed by atoms with Gasteiger partial charge in [-0.25, -0.2) is 9.59 Å². The molecule has 1 N–H and O–H groups in total. The maximum Gasteiger partial charge on any atom is 0.410 e. The van der Waals surface area contributed by atoms with Gasteiger partial charge in [0.05, 0.1) is 13.2 Å². The number of amides is 1. The Morgan fingerprint density at radius 1 is 1.41 bits per heavy atom. The molecule has 1 atom stereocenters. The van der Waals surface area contributed by atoms with E-state index >= 15 is 0 Å². The lowest BCUT2D eigenvalue weighted by atomic mass is 10.2. The normalized spacial score (nSPS) is 26.0. The smallest absolute Gasteiger partial charge is 0.410 e. The predicted octanol–water partition coefficient (Wildman–Crippen LogP) is -0.428. The molecule has 0 aliphatic carbocycles. The number of morpholine rings is 1. The Hall–Kier alpha value is -1.34. The molecule has 17 heavy (non-hydrogen) atoms. The summed E-state index contributed by atoms with van der Waals surface area (Å²) in [7, 11) is 0. The number of esters is 1. The highest BCUT2D eigenvalue weighted by Crippen LogP contribution is 2.15. The third kappa shape index (κ3) is 2.86. The SMILES string of the molecule is O=C1OCN(C(=O)O)C1CCN1CCOCC1. The molecule has 1 amide bonds. The van der Waals surface area contributed by atoms with Crippen molar-refractivity contribution in [1.82, 2.24) is 9.80 Å². The number of hydrogen-bond acceptors (Lipinski definition) is 5. The van der Waals surface area contributed by atoms with Crippen LogP contribution in [0.4, 0.5) is 4.79 Å². The lowest BCUT2D eigenvalue weighted by Crippen LogP contribution is -2.42. The Morgan fingerprint density at radius 2 is 2.12 bits per heavy atom. The van der Waals surface area contributed by atoms with E-state index in [9.17, 15) is 9.59 Å². The molecular formula is C10H16N2O5. The first kappa shape index (κ1) is 12.1. The first-order chi connectivity index (χ1) is 8.18. The number of carbonyl (C=O) groups is 2. The van der Waals surface area contributed by atoms with Crippen molar-refractivity contribution >= 4 is 12.1 Å². The molecule has 2 rings (SSSR count). The molecule has 2 heterocycles. The van der Waals surface area contributed by atoms with Gasteiger partial charge in [-0.15, -0.1) is 0 Å². The first-order valence-corrected chi connectivity index (χ1v) is 5.65. The number of ether oxygens (including phenoxy) is 2. The van der Waals surface area contributed by atoms with Gasteiger partial charge in [-0.05, 0) is 6.42 Å². The van der Waals surface area contributed by atoms with E-state index in [0.717, 1.165) is 18.0 Å². The molecule has 7 heteroatoms. The van der Waals surface area contributed by atoms with E-state index in [0.29, 0.717) is 26.2 Å². The molecule has 96 valence electrons. The molecule has 0 bridgehead atoms. The van der Waals surface area contributed by atoms with Crippen LogP contribution in [0.5, 0.6) is 0 Å². The largest absolute Gasteiger partial charge is 0.465 e. The van der Waals surface area contributed by atoms with Crippen LogP contribution in [0.1, 0.15) is 6.42 Å². The quantitative estimate of drug-likeness (QED) is 0.679. The second-order valence-corrected chi connectivity index (χ2v) is 4.10. The van der Waals surface area contributed by atoms with Crippen molar-refractivity contribution in [1.29, 1.82) is 0 Å². The van der Waals surface area contributed by atoms with E-state index in [4.69, 9.17) is 14.6 Å². The van der Waals surface area contributed by atoms with Crippen LogP contribution in [0, 0.1) is 0 Å². The minimum absolute atomic E-state index is 0.151. The fourth-order valence-corrected chi connectivity index (χ4v) is 2.04. The monoisotopic (exact) mass is 244 g/mol. The topological polar surface area (TPSA) is 79.3 Å². The van der Waals surface area contributed by atoms with Crippen LogP contribution in [-0.4, -0.2) is 72.6 Å². The Kier molecular flexibility index (Phi) is 3.80. The minimum atomic E-state index is -1.11. The third-order valence-electron chi connectivity index (χ3n) is 3.06. The summed E-state index contributed by atoms with van der Waals surface area (Å²) in [5.74, 6) is -0.444. The third-order valence-corrected chi connectivity index (χ3v) is 3.06. The zero-order chi connectivity index (χ0) is 12.3. The molecule has 0 saturated carbocycles. The van der Waals surface area contributed by atoms with Gasteiger partial charge in [-0.3, -0.25) is 9.80 Å². The van der Waals surface area contributed by atoms with Gasteiger partial charge in [0.2, 0.25) is 0 Å². The lowest BCUT2D eigenvalue weighted by molar-refractivity contribution is -0.139. The molecule has 0 spiro atoms. The van der Waals surface area contributed by atoms with Gasteiger partial charge in [-0.2, -0.15) is 0 Å². The highest BCUT2D eigenvalue weighted by Gasteiger charge is 2.37. The first-order valence-electron chi connectivity index (χ1n) is 5.65. The summed E-state index contributed by atoms with van der Waals surface area (Å²) < 4.78 is 9.96. The van der Waals surface area contributed by atoms with Crippen molar-refractivity contribution in [2.45, 2.75) is 12.5 Å². The minimum Gasteiger partial charge on any atom is -0.465 e. The number of nitrogens with zero attached hydrogens (tertiary/aromatic N) is 2. The van der Waals surface area contributed by atoms with E-state index < -0.39 is 18.1 Å². The van der Waals surface area contributed by atoms with E-state index in [1.165, 1.54) is 0 Å². The van der Waals surface area contributed by atoms with Gasteiger partial charge in [-0.1, -0.05) is 0 Å². The second kappa shape index (κ2) is 5.33. The Morgan fingerprint density at radius 3 is 2.76 bits per heavy atom. The fraction of sp³-hybridized carbons (Fsp3) is 0.800. The predicted molar refractivity (Wildman–Crippen MR) is 56.5 cm³/mol. The van der Waals surface area contributed by atoms with Crippen LogP contribution in [0.15, 0.2) is 0 Å². The number of hydrogen-bond donors (Lipinski definition) is 1. The summed E-state index contributed by atoms with van der Waals surface area (Å²) in [4.78, 5) is 25.5. The zero-order valence-electron chi connectivity index (χ0n) is 9.50. The van der Waals surface area contributed by atoms with E-state index in [1.54, 1.807) is 0 Å². The van der Waals surface area contributed by atoms with Crippen LogP contribution in [0.25, 0.3) is 0 Å². The van der Waals surface area contributed by atoms with Gasteiger partial charge in [0, 0.05) is 19.6 Å². The highest BCUT2D eigenvalue weighted by atomic mass is 16.6. The van der Waals surface area contributed by atoms with Crippen molar-refractivity contribution < 1.29 is 24.2 Å². The van der Waals surface area contributed by atoms with Crippen LogP contribution in [0.2, 0.25) is 0 Å². The van der Waals surface area contributed by atoms with Gasteiger partial charge >= 0.3 is 12.1 Å². The van der Waals surface area contributed by atoms with Crippen LogP contribution in [0.3, 0.4) is 0 Å². The number of carbonyl (C=O) groups excluding carboxylic acids is 1. The molecule has 0 radical (unpaired) electrons. The molecule has 0 aromatic carbocycles. The Bertz CT molecular complexity index is 303. The van der Waals surface area contributed by atoms with E-state index in [-0.39, 0.29) is 6.73 Å². The second-order valence-electron chi connectivity index (χ2n) is 4.10. The summed E-state index contributed by atoms with van der Waals surface area (Å²) in [6, 6.07) is -0.657. The number of carboxylic acid groups (broad SMARTS) is 1. The molecule has 0 aromatic rings. The molecule has 2 aliphatic rings. The van der Waals surface area contributed by atoms with Crippen LogP contribution < -0.4 is 0 Å². The Balaban J connectivity index is 1.83. The average molecular weight is 244 g/mol. The maximum absolute atomic E-state index is 11.4. The van der Waals surface area contributed by atoms with E-state index in [1.807, 2.05) is 0 Å². The maximum atomic E-state index is 11.4. The van der Waals surface area contributed by atoms with Crippen molar-refractivity contribution in [3.05, 3.63) is 0 Å². The van der Waals surface area contributed by atoms with Crippen molar-refractivity contribution in [2.24, 2.45) is 0 Å². The molecule has 7 nitrogen and oxygen atoms in total. The number of cyclic esters (lactones) is 1. The molecule has 1 unspecified atom stereocenters. The summed E-state index contributed by atoms with van der Waals surface area (Å²) >= 11 is 0. The summed E-state index contributed by atoms with van der Waals surface area (Å²) in [6.07, 6.45) is -0.631. The molecule has 0 aromatic heterocycles. The lowest BCUT2D eigenvalue weighted by Gasteiger charge is -2.27. The van der Waals surface area contributed by atoms with Gasteiger partial charge in [0.25, 0.3) is 0 Å². The van der Waals surface area contributed by atoms with Crippen LogP contribution >= 0.6 is 0 Å². The van der Waals surface area contributed by atoms with Gasteiger partial charge in [0.15, 0.2) is 6.73 Å². The zero-order valence-corrected chi connectivity index (χ0v) is 9.50. The highest BCUT2D eigenvalue weighted by molar-refractivity contribution is 5.83. The van der Waals surface area contributed by atoms with E-state index in [2.05, 4.69) is 4.90 Å². The van der Waals surface area contributed by atoms with Gasteiger partial charge in [0.1, 0.15) is 6.04 Å². The fourth-order valence-electron chi connectivity index (χ4n) is 2.04. The Labute approximate surface area is 98.9 Å². The van der Waals surface area contributed by atoms with Crippen molar-refractivity contribution in [3.63, 3.8) is 0 Å². The van der Waals surface area contributed by atoms with Crippen LogP contribution in [-0.2, 0) is 14.3 Å². The van der Waals surface area contributed by atoms with Crippen molar-refractivity contribution in [2.75, 3.05) is 39.6 Å². The molecule has 2 saturated heterocycles. The van der Waals surface area contributed by atoms with Crippen molar-refractivity contribution in [3.8, 4) is 0 Å². The molecule has 2 fully saturated rings. The summed E-state index contributed by atoms with van der Waals surface area (Å²) in [6.45, 7) is 3.58. The standard InChI is InChI=1S/C10H16N2O5/c13-9-8(12(7-17-9)10(14)15)1-2-11-3-5-16-6-4-11/h8H,1-7H2,(H,14,15). The molecule has 2 aliphatic heterocycles. The van der Waals surface area contributed by atoms with Gasteiger partial charge < -0.3 is 14.6 Å².